The van der Waals surface area contributed by atoms with E-state index >= 15 is 0 Å². The molecule has 2 rings (SSSR count). The van der Waals surface area contributed by atoms with Crippen molar-refractivity contribution in [2.75, 3.05) is 19.5 Å². The Morgan fingerprint density at radius 3 is 2.43 bits per heavy atom. The first-order valence-electron chi connectivity index (χ1n) is 7.34. The first-order chi connectivity index (χ1) is 11.0. The van der Waals surface area contributed by atoms with E-state index in [1.165, 1.54) is 14.2 Å². The molecule has 0 aliphatic heterocycles. The number of hydrogen-bond donors (Lipinski definition) is 1. The van der Waals surface area contributed by atoms with E-state index < -0.39 is 0 Å². The number of para-hydroxylation sites is 1. The van der Waals surface area contributed by atoms with Crippen LogP contribution in [0.25, 0.3) is 0 Å². The zero-order valence-electron chi connectivity index (χ0n) is 13.8. The smallest absolute Gasteiger partial charge is 0.259 e. The minimum Gasteiger partial charge on any atom is -0.493 e. The van der Waals surface area contributed by atoms with Crippen LogP contribution in [0, 0.1) is 0 Å². The van der Waals surface area contributed by atoms with Crippen LogP contribution in [0.15, 0.2) is 42.5 Å². The van der Waals surface area contributed by atoms with Gasteiger partial charge in [-0.05, 0) is 38.1 Å². The van der Waals surface area contributed by atoms with E-state index in [1.807, 2.05) is 26.0 Å². The van der Waals surface area contributed by atoms with E-state index in [2.05, 4.69) is 5.32 Å². The number of carbonyl (C=O) groups is 1. The van der Waals surface area contributed by atoms with Crippen molar-refractivity contribution < 1.29 is 19.0 Å². The summed E-state index contributed by atoms with van der Waals surface area (Å²) < 4.78 is 16.1. The molecule has 5 nitrogen and oxygen atoms in total. The standard InChI is InChI=1S/C18H21NO4/c1-12(2)23-14-8-5-7-13(11-14)19-18(20)15-9-6-10-16(21-3)17(15)22-4/h5-12H,1-4H3,(H,19,20). The fourth-order valence-corrected chi connectivity index (χ4v) is 2.18. The lowest BCUT2D eigenvalue weighted by atomic mass is 10.1. The molecule has 0 bridgehead atoms. The number of carbonyl (C=O) groups excluding carboxylic acids is 1. The van der Waals surface area contributed by atoms with Crippen molar-refractivity contribution in [3.05, 3.63) is 48.0 Å². The van der Waals surface area contributed by atoms with Crippen molar-refractivity contribution in [1.82, 2.24) is 0 Å². The van der Waals surface area contributed by atoms with Crippen molar-refractivity contribution >= 4 is 11.6 Å². The lowest BCUT2D eigenvalue weighted by molar-refractivity contribution is 0.102. The second-order valence-electron chi connectivity index (χ2n) is 5.19. The van der Waals surface area contributed by atoms with Crippen LogP contribution in [0.5, 0.6) is 17.2 Å². The number of nitrogens with one attached hydrogen (secondary N) is 1. The Kier molecular flexibility index (Phi) is 5.46. The molecule has 1 amide bonds. The molecule has 122 valence electrons. The first-order valence-corrected chi connectivity index (χ1v) is 7.34. The van der Waals surface area contributed by atoms with Crippen molar-refractivity contribution in [2.24, 2.45) is 0 Å². The molecule has 0 unspecified atom stereocenters. The molecular weight excluding hydrogens is 294 g/mol. The number of amides is 1. The molecule has 0 radical (unpaired) electrons. The topological polar surface area (TPSA) is 56.8 Å². The average molecular weight is 315 g/mol. The van der Waals surface area contributed by atoms with Crippen LogP contribution < -0.4 is 19.5 Å². The van der Waals surface area contributed by atoms with Crippen molar-refractivity contribution in [3.63, 3.8) is 0 Å². The van der Waals surface area contributed by atoms with Gasteiger partial charge in [-0.15, -0.1) is 0 Å². The van der Waals surface area contributed by atoms with Gasteiger partial charge in [0.05, 0.1) is 25.9 Å². The van der Waals surface area contributed by atoms with E-state index in [9.17, 15) is 4.79 Å². The Morgan fingerprint density at radius 1 is 1.04 bits per heavy atom. The van der Waals surface area contributed by atoms with Crippen LogP contribution in [0.1, 0.15) is 24.2 Å². The van der Waals surface area contributed by atoms with Gasteiger partial charge < -0.3 is 19.5 Å². The van der Waals surface area contributed by atoms with Gasteiger partial charge in [0, 0.05) is 11.8 Å². The van der Waals surface area contributed by atoms with Crippen molar-refractivity contribution in [3.8, 4) is 17.2 Å². The predicted octanol–water partition coefficient (Wildman–Crippen LogP) is 3.74. The molecule has 0 aliphatic rings. The quantitative estimate of drug-likeness (QED) is 0.882. The monoisotopic (exact) mass is 315 g/mol. The van der Waals surface area contributed by atoms with E-state index in [1.54, 1.807) is 30.3 Å². The Labute approximate surface area is 136 Å². The summed E-state index contributed by atoms with van der Waals surface area (Å²) in [6, 6.07) is 12.4. The molecule has 5 heteroatoms. The molecular formula is C18H21NO4. The average Bonchev–Trinajstić information content (AvgIpc) is 2.53. The summed E-state index contributed by atoms with van der Waals surface area (Å²) in [5, 5.41) is 2.84. The molecule has 0 atom stereocenters. The number of rotatable bonds is 6. The van der Waals surface area contributed by atoms with E-state index in [-0.39, 0.29) is 12.0 Å². The Morgan fingerprint density at radius 2 is 1.78 bits per heavy atom. The summed E-state index contributed by atoms with van der Waals surface area (Å²) in [6.45, 7) is 3.90. The van der Waals surface area contributed by atoms with Crippen LogP contribution in [0.4, 0.5) is 5.69 Å². The number of methoxy groups -OCH3 is 2. The highest BCUT2D eigenvalue weighted by Crippen LogP contribution is 2.31. The maximum atomic E-state index is 12.5. The molecule has 0 saturated carbocycles. The molecule has 23 heavy (non-hydrogen) atoms. The predicted molar refractivity (Wildman–Crippen MR) is 89.7 cm³/mol. The number of anilines is 1. The molecule has 0 spiro atoms. The van der Waals surface area contributed by atoms with Crippen LogP contribution in [0.3, 0.4) is 0 Å². The number of ether oxygens (including phenoxy) is 3. The largest absolute Gasteiger partial charge is 0.493 e. The van der Waals surface area contributed by atoms with E-state index in [4.69, 9.17) is 14.2 Å². The Bertz CT molecular complexity index is 682. The number of hydrogen-bond acceptors (Lipinski definition) is 4. The molecule has 2 aromatic carbocycles. The minimum atomic E-state index is -0.276. The van der Waals surface area contributed by atoms with Gasteiger partial charge in [-0.3, -0.25) is 4.79 Å². The van der Waals surface area contributed by atoms with Crippen molar-refractivity contribution in [1.29, 1.82) is 0 Å². The van der Waals surface area contributed by atoms with Gasteiger partial charge in [-0.25, -0.2) is 0 Å². The second kappa shape index (κ2) is 7.54. The minimum absolute atomic E-state index is 0.0689. The van der Waals surface area contributed by atoms with Gasteiger partial charge in [0.25, 0.3) is 5.91 Å². The fourth-order valence-electron chi connectivity index (χ4n) is 2.18. The molecule has 0 aromatic heterocycles. The molecule has 0 aliphatic carbocycles. The third kappa shape index (κ3) is 4.16. The fraction of sp³-hybridized carbons (Fsp3) is 0.278. The molecule has 0 fully saturated rings. The second-order valence-corrected chi connectivity index (χ2v) is 5.19. The van der Waals surface area contributed by atoms with Gasteiger partial charge >= 0.3 is 0 Å². The summed E-state index contributed by atoms with van der Waals surface area (Å²) in [7, 11) is 3.04. The van der Waals surface area contributed by atoms with E-state index in [0.29, 0.717) is 28.5 Å². The highest BCUT2D eigenvalue weighted by Gasteiger charge is 2.16. The zero-order chi connectivity index (χ0) is 16.8. The van der Waals surface area contributed by atoms with E-state index in [0.717, 1.165) is 0 Å². The Hall–Kier alpha value is -2.69. The maximum absolute atomic E-state index is 12.5. The highest BCUT2D eigenvalue weighted by atomic mass is 16.5. The molecule has 0 saturated heterocycles. The third-order valence-corrected chi connectivity index (χ3v) is 3.11. The zero-order valence-corrected chi connectivity index (χ0v) is 13.8. The summed E-state index contributed by atoms with van der Waals surface area (Å²) in [4.78, 5) is 12.5. The SMILES string of the molecule is COc1cccc(C(=O)Nc2cccc(OC(C)C)c2)c1OC. The molecule has 2 aromatic rings. The maximum Gasteiger partial charge on any atom is 0.259 e. The summed E-state index contributed by atoms with van der Waals surface area (Å²) in [5.41, 5.74) is 1.06. The normalized spacial score (nSPS) is 10.3. The van der Waals surface area contributed by atoms with Crippen LogP contribution in [-0.2, 0) is 0 Å². The van der Waals surface area contributed by atoms with Crippen LogP contribution >= 0.6 is 0 Å². The summed E-state index contributed by atoms with van der Waals surface area (Å²) in [5.74, 6) is 1.34. The summed E-state index contributed by atoms with van der Waals surface area (Å²) >= 11 is 0. The van der Waals surface area contributed by atoms with Crippen LogP contribution in [-0.4, -0.2) is 26.2 Å². The van der Waals surface area contributed by atoms with Gasteiger partial charge in [0.2, 0.25) is 0 Å². The van der Waals surface area contributed by atoms with Gasteiger partial charge in [0.15, 0.2) is 11.5 Å². The van der Waals surface area contributed by atoms with Gasteiger partial charge in [0.1, 0.15) is 5.75 Å². The summed E-state index contributed by atoms with van der Waals surface area (Å²) in [6.07, 6.45) is 0.0689. The molecule has 1 N–H and O–H groups in total. The van der Waals surface area contributed by atoms with Crippen molar-refractivity contribution in [2.45, 2.75) is 20.0 Å². The lowest BCUT2D eigenvalue weighted by Gasteiger charge is -2.14. The number of benzene rings is 2. The molecule has 0 heterocycles. The Balaban J connectivity index is 2.23. The first kappa shape index (κ1) is 16.7. The lowest BCUT2D eigenvalue weighted by Crippen LogP contribution is -2.14. The van der Waals surface area contributed by atoms with Gasteiger partial charge in [-0.1, -0.05) is 12.1 Å². The van der Waals surface area contributed by atoms with Crippen LogP contribution in [0.2, 0.25) is 0 Å². The van der Waals surface area contributed by atoms with Gasteiger partial charge in [-0.2, -0.15) is 0 Å². The third-order valence-electron chi connectivity index (χ3n) is 3.11. The highest BCUT2D eigenvalue weighted by molar-refractivity contribution is 6.06.